The molecule has 0 spiro atoms. The highest BCUT2D eigenvalue weighted by Crippen LogP contribution is 2.42. The smallest absolute Gasteiger partial charge is 0.374 e. The summed E-state index contributed by atoms with van der Waals surface area (Å²) in [5, 5.41) is 9.63. The second-order valence-electron chi connectivity index (χ2n) is 12.9. The lowest BCUT2D eigenvalue weighted by Crippen LogP contribution is -2.48. The Kier molecular flexibility index (Phi) is 10.3. The summed E-state index contributed by atoms with van der Waals surface area (Å²) in [5.74, 6) is 0.684. The van der Waals surface area contributed by atoms with Crippen LogP contribution in [0, 0.1) is 29.6 Å². The molecule has 2 heterocycles. The molecule has 42 heavy (non-hydrogen) atoms. The highest BCUT2D eigenvalue weighted by atomic mass is 19.1. The predicted octanol–water partition coefficient (Wildman–Crippen LogP) is 6.29. The van der Waals surface area contributed by atoms with Crippen LogP contribution in [0.4, 0.5) is 4.39 Å². The average Bonchev–Trinajstić information content (AvgIpc) is 3.66. The molecule has 230 valence electrons. The van der Waals surface area contributed by atoms with Gasteiger partial charge in [-0.25, -0.2) is 4.79 Å². The number of aliphatic hydroxyl groups is 1. The number of nitrogens with zero attached hydrogens (tertiary/aromatic N) is 1. The van der Waals surface area contributed by atoms with Crippen LogP contribution in [0.1, 0.15) is 93.7 Å². The van der Waals surface area contributed by atoms with Crippen molar-refractivity contribution < 1.29 is 33.0 Å². The number of ether oxygens (including phenoxy) is 1. The average molecular weight is 584 g/mol. The lowest BCUT2D eigenvalue weighted by molar-refractivity contribution is -0.143. The Morgan fingerprint density at radius 3 is 2.52 bits per heavy atom. The highest BCUT2D eigenvalue weighted by molar-refractivity contribution is 5.94. The first kappa shape index (κ1) is 30.7. The number of furan rings is 1. The number of ketones is 1. The molecule has 2 aliphatic carbocycles. The van der Waals surface area contributed by atoms with Crippen molar-refractivity contribution in [3.05, 3.63) is 35.6 Å². The van der Waals surface area contributed by atoms with Crippen molar-refractivity contribution >= 4 is 28.6 Å². The fourth-order valence-electron chi connectivity index (χ4n) is 7.74. The number of esters is 1. The largest absolute Gasteiger partial charge is 0.460 e. The molecule has 1 aromatic carbocycles. The summed E-state index contributed by atoms with van der Waals surface area (Å²) in [6.45, 7) is 2.35. The fourth-order valence-corrected chi connectivity index (χ4v) is 7.74. The van der Waals surface area contributed by atoms with Gasteiger partial charge in [0, 0.05) is 37.3 Å². The fraction of sp³-hybridized carbons (Fsp3) is 0.676. The predicted molar refractivity (Wildman–Crippen MR) is 158 cm³/mol. The van der Waals surface area contributed by atoms with Gasteiger partial charge in [-0.2, -0.15) is 0 Å². The molecule has 1 aromatic heterocycles. The molecule has 2 aromatic rings. The summed E-state index contributed by atoms with van der Waals surface area (Å²) in [5.41, 5.74) is 1.37. The van der Waals surface area contributed by atoms with E-state index in [-0.39, 0.29) is 61.5 Å². The van der Waals surface area contributed by atoms with Gasteiger partial charge in [-0.1, -0.05) is 45.1 Å². The number of aliphatic hydroxyl groups excluding tert-OH is 1. The standard InChI is InChI=1S/C34H46FNO6/c1-22(21-35)24-9-11-26(12-10-24)33(39)36-15-14-28(25-6-3-2-4-7-25)32(36)29(38)19-23-8-13-30-27(18-23)20-31(42-30)34(40)41-17-5-16-37/h8,13,18,20,22,24-26,28,32,37H,2-7,9-12,14-17,19,21H2,1H3/t22-,24?,26?,28+,32+/m1/s1. The Hall–Kier alpha value is -2.74. The third-order valence-corrected chi connectivity index (χ3v) is 10.2. The quantitative estimate of drug-likeness (QED) is 0.247. The highest BCUT2D eigenvalue weighted by Gasteiger charge is 2.46. The number of amides is 1. The topological polar surface area (TPSA) is 97.1 Å². The van der Waals surface area contributed by atoms with Crippen molar-refractivity contribution in [1.82, 2.24) is 4.90 Å². The van der Waals surface area contributed by atoms with Gasteiger partial charge in [0.2, 0.25) is 11.7 Å². The zero-order valence-corrected chi connectivity index (χ0v) is 24.9. The van der Waals surface area contributed by atoms with Crippen molar-refractivity contribution in [2.24, 2.45) is 29.6 Å². The lowest BCUT2D eigenvalue weighted by atomic mass is 9.74. The number of fused-ring (bicyclic) bond motifs is 1. The number of benzene rings is 1. The van der Waals surface area contributed by atoms with Crippen LogP contribution in [0.25, 0.3) is 11.0 Å². The summed E-state index contributed by atoms with van der Waals surface area (Å²) in [7, 11) is 0. The van der Waals surface area contributed by atoms with Gasteiger partial charge in [-0.05, 0) is 79.5 Å². The van der Waals surface area contributed by atoms with Gasteiger partial charge in [0.25, 0.3) is 0 Å². The molecule has 7 nitrogen and oxygen atoms in total. The van der Waals surface area contributed by atoms with Gasteiger partial charge in [0.15, 0.2) is 5.78 Å². The monoisotopic (exact) mass is 583 g/mol. The summed E-state index contributed by atoms with van der Waals surface area (Å²) in [4.78, 5) is 42.2. The van der Waals surface area contributed by atoms with Crippen LogP contribution in [0.15, 0.2) is 28.7 Å². The van der Waals surface area contributed by atoms with Crippen molar-refractivity contribution in [3.8, 4) is 0 Å². The molecule has 3 atom stereocenters. The van der Waals surface area contributed by atoms with Gasteiger partial charge in [0.1, 0.15) is 5.58 Å². The molecule has 0 radical (unpaired) electrons. The maximum atomic E-state index is 14.1. The summed E-state index contributed by atoms with van der Waals surface area (Å²) in [6, 6.07) is 6.73. The maximum Gasteiger partial charge on any atom is 0.374 e. The first-order valence-corrected chi connectivity index (χ1v) is 16.1. The number of halogens is 1. The molecule has 5 rings (SSSR count). The van der Waals surface area contributed by atoms with E-state index < -0.39 is 12.0 Å². The van der Waals surface area contributed by atoms with Gasteiger partial charge >= 0.3 is 5.97 Å². The molecular formula is C34H46FNO6. The third-order valence-electron chi connectivity index (χ3n) is 10.2. The van der Waals surface area contributed by atoms with Crippen molar-refractivity contribution in [2.45, 2.75) is 90.0 Å². The molecule has 0 bridgehead atoms. The molecule has 1 saturated heterocycles. The Balaban J connectivity index is 1.30. The third kappa shape index (κ3) is 6.90. The van der Waals surface area contributed by atoms with Crippen molar-refractivity contribution in [1.29, 1.82) is 0 Å². The molecule has 1 N–H and O–H groups in total. The van der Waals surface area contributed by atoms with Crippen LogP contribution < -0.4 is 0 Å². The second-order valence-corrected chi connectivity index (χ2v) is 12.9. The van der Waals surface area contributed by atoms with Gasteiger partial charge in [0.05, 0.1) is 19.3 Å². The summed E-state index contributed by atoms with van der Waals surface area (Å²) >= 11 is 0. The molecular weight excluding hydrogens is 537 g/mol. The molecule has 1 aliphatic heterocycles. The van der Waals surface area contributed by atoms with Crippen molar-refractivity contribution in [2.75, 3.05) is 26.4 Å². The number of Topliss-reactive ketones (excluding diaryl/α,β-unsaturated/α-hetero) is 1. The van der Waals surface area contributed by atoms with E-state index in [9.17, 15) is 18.8 Å². The minimum absolute atomic E-state index is 0.0402. The van der Waals surface area contributed by atoms with Crippen LogP contribution >= 0.6 is 0 Å². The van der Waals surface area contributed by atoms with Gasteiger partial charge in [-0.15, -0.1) is 0 Å². The zero-order valence-electron chi connectivity index (χ0n) is 24.9. The molecule has 0 unspecified atom stereocenters. The number of hydrogen-bond acceptors (Lipinski definition) is 6. The van der Waals surface area contributed by atoms with Crippen molar-refractivity contribution in [3.63, 3.8) is 0 Å². The number of carbonyl (C=O) groups is 3. The maximum absolute atomic E-state index is 14.1. The van der Waals surface area contributed by atoms with Crippen LogP contribution in [0.5, 0.6) is 0 Å². The van der Waals surface area contributed by atoms with E-state index in [1.54, 1.807) is 12.1 Å². The Labute approximate surface area is 248 Å². The van der Waals surface area contributed by atoms with Gasteiger partial charge < -0.3 is 19.2 Å². The van der Waals surface area contributed by atoms with E-state index in [0.29, 0.717) is 30.4 Å². The number of likely N-dealkylation sites (tertiary alicyclic amines) is 1. The Morgan fingerprint density at radius 2 is 1.81 bits per heavy atom. The van der Waals surface area contributed by atoms with E-state index >= 15 is 0 Å². The van der Waals surface area contributed by atoms with Crippen LogP contribution in [0.3, 0.4) is 0 Å². The normalized spacial score (nSPS) is 25.9. The van der Waals surface area contributed by atoms with Crippen LogP contribution in [0.2, 0.25) is 0 Å². The minimum Gasteiger partial charge on any atom is -0.460 e. The van der Waals surface area contributed by atoms with E-state index in [0.717, 1.165) is 55.9 Å². The van der Waals surface area contributed by atoms with Crippen LogP contribution in [-0.4, -0.2) is 60.1 Å². The Bertz CT molecular complexity index is 1230. The second kappa shape index (κ2) is 14.2. The number of alkyl halides is 1. The van der Waals surface area contributed by atoms with Gasteiger partial charge in [-0.3, -0.25) is 14.0 Å². The molecule has 1 amide bonds. The zero-order chi connectivity index (χ0) is 29.6. The number of carbonyl (C=O) groups excluding carboxylic acids is 3. The van der Waals surface area contributed by atoms with E-state index in [1.165, 1.54) is 19.3 Å². The van der Waals surface area contributed by atoms with E-state index in [4.69, 9.17) is 14.3 Å². The summed E-state index contributed by atoms with van der Waals surface area (Å²) < 4.78 is 24.0. The number of hydrogen-bond donors (Lipinski definition) is 1. The summed E-state index contributed by atoms with van der Waals surface area (Å²) in [6.07, 6.45) is 10.6. The SMILES string of the molecule is C[C@H](CF)C1CCC(C(=O)N2CC[C@@H](C3CCCCC3)[C@H]2C(=O)Cc2ccc3oc(C(=O)OCCCO)cc3c2)CC1. The number of rotatable bonds is 11. The van der Waals surface area contributed by atoms with E-state index in [2.05, 4.69) is 0 Å². The van der Waals surface area contributed by atoms with Crippen LogP contribution in [-0.2, 0) is 20.7 Å². The molecule has 3 fully saturated rings. The Morgan fingerprint density at radius 1 is 1.05 bits per heavy atom. The van der Waals surface area contributed by atoms with E-state index in [1.807, 2.05) is 24.0 Å². The first-order valence-electron chi connectivity index (χ1n) is 16.1. The molecule has 3 aliphatic rings. The lowest BCUT2D eigenvalue weighted by Gasteiger charge is -2.37. The first-order chi connectivity index (χ1) is 20.4. The molecule has 2 saturated carbocycles. The molecule has 8 heteroatoms. The minimum atomic E-state index is -0.583.